The molecule has 0 amide bonds. The summed E-state index contributed by atoms with van der Waals surface area (Å²) in [5, 5.41) is 2.45. The fraction of sp³-hybridized carbons (Fsp3) is 0.0233. The summed E-state index contributed by atoms with van der Waals surface area (Å²) in [7, 11) is 0. The minimum absolute atomic E-state index is 0.414. The van der Waals surface area contributed by atoms with Crippen LogP contribution in [-0.4, -0.2) is 4.98 Å². The number of aromatic nitrogens is 1. The number of rotatable bonds is 5. The maximum absolute atomic E-state index is 3.80. The van der Waals surface area contributed by atoms with Gasteiger partial charge in [0.2, 0.25) is 0 Å². The van der Waals surface area contributed by atoms with Gasteiger partial charge in [0, 0.05) is 38.9 Å². The van der Waals surface area contributed by atoms with Gasteiger partial charge in [-0.15, -0.1) is 0 Å². The van der Waals surface area contributed by atoms with E-state index in [2.05, 4.69) is 186 Å². The minimum atomic E-state index is -0.414. The molecular weight excluding hydrogens is 544 g/mol. The Morgan fingerprint density at radius 1 is 0.378 bits per heavy atom. The van der Waals surface area contributed by atoms with Crippen molar-refractivity contribution in [3.63, 3.8) is 0 Å². The zero-order valence-corrected chi connectivity index (χ0v) is 24.7. The third-order valence-electron chi connectivity index (χ3n) is 9.45. The molecule has 1 aliphatic carbocycles. The van der Waals surface area contributed by atoms with E-state index >= 15 is 0 Å². The molecular formula is C43H30N2. The molecule has 1 heterocycles. The van der Waals surface area contributed by atoms with E-state index in [0.29, 0.717) is 0 Å². The second-order valence-electron chi connectivity index (χ2n) is 11.8. The van der Waals surface area contributed by atoms with Crippen LogP contribution < -0.4 is 4.90 Å². The Hall–Kier alpha value is -5.86. The van der Waals surface area contributed by atoms with Crippen LogP contribution >= 0.6 is 0 Å². The molecule has 0 saturated heterocycles. The van der Waals surface area contributed by atoms with E-state index < -0.39 is 5.41 Å². The molecule has 1 aromatic heterocycles. The Bertz CT molecular complexity index is 2220. The Morgan fingerprint density at radius 3 is 1.53 bits per heavy atom. The topological polar surface area (TPSA) is 19.0 Å². The first-order valence-corrected chi connectivity index (χ1v) is 15.5. The summed E-state index contributed by atoms with van der Waals surface area (Å²) in [6.07, 6.45) is 0. The molecule has 0 unspecified atom stereocenters. The van der Waals surface area contributed by atoms with Crippen molar-refractivity contribution in [1.29, 1.82) is 0 Å². The van der Waals surface area contributed by atoms with Crippen molar-refractivity contribution in [3.05, 3.63) is 198 Å². The summed E-state index contributed by atoms with van der Waals surface area (Å²) in [4.78, 5) is 6.13. The van der Waals surface area contributed by atoms with Gasteiger partial charge >= 0.3 is 0 Å². The number of hydrogen-bond acceptors (Lipinski definition) is 1. The zero-order chi connectivity index (χ0) is 29.8. The SMILES string of the molecule is c1ccc(N(c2ccccc2)c2ccc3[nH]c4cc5c(cc4c3c2)-c2ccccc2C5(c2ccccc2)c2ccccc2)cc1. The van der Waals surface area contributed by atoms with Crippen LogP contribution in [0.1, 0.15) is 22.3 Å². The predicted molar refractivity (Wildman–Crippen MR) is 188 cm³/mol. The normalized spacial score (nSPS) is 13.1. The zero-order valence-electron chi connectivity index (χ0n) is 24.7. The lowest BCUT2D eigenvalue weighted by molar-refractivity contribution is 0.769. The minimum Gasteiger partial charge on any atom is -0.354 e. The summed E-state index contributed by atoms with van der Waals surface area (Å²) in [5.41, 5.74) is 13.1. The number of para-hydroxylation sites is 2. The van der Waals surface area contributed by atoms with Crippen LogP contribution in [0.25, 0.3) is 32.9 Å². The number of fused-ring (bicyclic) bond motifs is 6. The summed E-state index contributed by atoms with van der Waals surface area (Å²) < 4.78 is 0. The van der Waals surface area contributed by atoms with Crippen LogP contribution in [-0.2, 0) is 5.41 Å². The molecule has 2 nitrogen and oxygen atoms in total. The van der Waals surface area contributed by atoms with E-state index in [1.807, 2.05) is 0 Å². The highest BCUT2D eigenvalue weighted by atomic mass is 15.1. The fourth-order valence-electron chi connectivity index (χ4n) is 7.56. The van der Waals surface area contributed by atoms with Crippen molar-refractivity contribution in [3.8, 4) is 11.1 Å². The van der Waals surface area contributed by atoms with Crippen LogP contribution in [0, 0.1) is 0 Å². The quantitative estimate of drug-likeness (QED) is 0.217. The molecule has 0 radical (unpaired) electrons. The average Bonchev–Trinajstić information content (AvgIpc) is 3.62. The predicted octanol–water partition coefficient (Wildman–Crippen LogP) is 11.2. The Kier molecular flexibility index (Phi) is 5.76. The lowest BCUT2D eigenvalue weighted by Gasteiger charge is -2.33. The smallest absolute Gasteiger partial charge is 0.0714 e. The summed E-state index contributed by atoms with van der Waals surface area (Å²) >= 11 is 0. The van der Waals surface area contributed by atoms with Gasteiger partial charge in [-0.25, -0.2) is 0 Å². The van der Waals surface area contributed by atoms with Crippen LogP contribution in [0.2, 0.25) is 0 Å². The van der Waals surface area contributed by atoms with Gasteiger partial charge < -0.3 is 9.88 Å². The first kappa shape index (κ1) is 25.6. The lowest BCUT2D eigenvalue weighted by Crippen LogP contribution is -2.28. The number of hydrogen-bond donors (Lipinski definition) is 1. The van der Waals surface area contributed by atoms with Gasteiger partial charge in [0.05, 0.1) is 5.41 Å². The van der Waals surface area contributed by atoms with Crippen molar-refractivity contribution in [2.45, 2.75) is 5.41 Å². The molecule has 0 fully saturated rings. The second-order valence-corrected chi connectivity index (χ2v) is 11.8. The molecule has 7 aromatic carbocycles. The Labute approximate surface area is 262 Å². The molecule has 0 atom stereocenters. The highest BCUT2D eigenvalue weighted by Gasteiger charge is 2.46. The summed E-state index contributed by atoms with van der Waals surface area (Å²) in [6.45, 7) is 0. The summed E-state index contributed by atoms with van der Waals surface area (Å²) in [6, 6.07) is 63.8. The van der Waals surface area contributed by atoms with Gasteiger partial charge in [0.1, 0.15) is 0 Å². The fourth-order valence-corrected chi connectivity index (χ4v) is 7.56. The number of aromatic amines is 1. The van der Waals surface area contributed by atoms with Gasteiger partial charge in [-0.3, -0.25) is 0 Å². The molecule has 212 valence electrons. The maximum Gasteiger partial charge on any atom is 0.0714 e. The largest absolute Gasteiger partial charge is 0.354 e. The van der Waals surface area contributed by atoms with E-state index in [1.165, 1.54) is 44.2 Å². The van der Waals surface area contributed by atoms with Gasteiger partial charge in [-0.05, 0) is 88.0 Å². The molecule has 0 spiro atoms. The number of benzene rings is 7. The van der Waals surface area contributed by atoms with Crippen molar-refractivity contribution < 1.29 is 0 Å². The van der Waals surface area contributed by atoms with Crippen LogP contribution in [0.5, 0.6) is 0 Å². The maximum atomic E-state index is 3.80. The summed E-state index contributed by atoms with van der Waals surface area (Å²) in [5.74, 6) is 0. The number of nitrogens with one attached hydrogen (secondary N) is 1. The molecule has 0 bridgehead atoms. The van der Waals surface area contributed by atoms with E-state index in [-0.39, 0.29) is 0 Å². The molecule has 0 aliphatic heterocycles. The molecule has 1 N–H and O–H groups in total. The van der Waals surface area contributed by atoms with E-state index in [0.717, 1.165) is 28.1 Å². The molecule has 9 rings (SSSR count). The van der Waals surface area contributed by atoms with E-state index in [4.69, 9.17) is 0 Å². The third-order valence-corrected chi connectivity index (χ3v) is 9.45. The van der Waals surface area contributed by atoms with Gasteiger partial charge in [0.25, 0.3) is 0 Å². The van der Waals surface area contributed by atoms with Gasteiger partial charge in [0.15, 0.2) is 0 Å². The van der Waals surface area contributed by atoms with Crippen molar-refractivity contribution in [1.82, 2.24) is 4.98 Å². The molecule has 1 aliphatic rings. The second kappa shape index (κ2) is 10.1. The number of H-pyrrole nitrogens is 1. The first-order chi connectivity index (χ1) is 22.3. The lowest BCUT2D eigenvalue weighted by atomic mass is 9.67. The van der Waals surface area contributed by atoms with Crippen LogP contribution in [0.15, 0.2) is 176 Å². The Morgan fingerprint density at radius 2 is 0.911 bits per heavy atom. The third kappa shape index (κ3) is 3.82. The van der Waals surface area contributed by atoms with Gasteiger partial charge in [-0.2, -0.15) is 0 Å². The monoisotopic (exact) mass is 574 g/mol. The van der Waals surface area contributed by atoms with Crippen LogP contribution in [0.3, 0.4) is 0 Å². The average molecular weight is 575 g/mol. The Balaban J connectivity index is 1.31. The van der Waals surface area contributed by atoms with E-state index in [9.17, 15) is 0 Å². The van der Waals surface area contributed by atoms with Crippen molar-refractivity contribution in [2.24, 2.45) is 0 Å². The molecule has 45 heavy (non-hydrogen) atoms. The molecule has 8 aromatic rings. The highest BCUT2D eigenvalue weighted by Crippen LogP contribution is 2.57. The molecule has 2 heteroatoms. The first-order valence-electron chi connectivity index (χ1n) is 15.5. The van der Waals surface area contributed by atoms with Gasteiger partial charge in [-0.1, -0.05) is 121 Å². The number of anilines is 3. The standard InChI is InChI=1S/C43H30N2/c1-5-15-30(16-6-1)43(31-17-7-2-8-18-31)39-24-14-13-23-35(39)36-28-38-37-27-34(25-26-41(37)44-42(38)29-40(36)43)45(32-19-9-3-10-20-32)33-21-11-4-12-22-33/h1-29,44H. The number of nitrogens with zero attached hydrogens (tertiary/aromatic N) is 1. The van der Waals surface area contributed by atoms with E-state index in [1.54, 1.807) is 0 Å². The van der Waals surface area contributed by atoms with Crippen molar-refractivity contribution >= 4 is 38.9 Å². The van der Waals surface area contributed by atoms with Crippen molar-refractivity contribution in [2.75, 3.05) is 4.90 Å². The van der Waals surface area contributed by atoms with Crippen LogP contribution in [0.4, 0.5) is 17.1 Å². The molecule has 0 saturated carbocycles. The highest BCUT2D eigenvalue weighted by molar-refractivity contribution is 6.11.